The third-order valence-corrected chi connectivity index (χ3v) is 4.58. The minimum atomic E-state index is -3.53. The highest BCUT2D eigenvalue weighted by Gasteiger charge is 2.23. The van der Waals surface area contributed by atoms with Crippen molar-refractivity contribution in [2.45, 2.75) is 30.7 Å². The first-order chi connectivity index (χ1) is 10.8. The lowest BCUT2D eigenvalue weighted by Gasteiger charge is -2.13. The summed E-state index contributed by atoms with van der Waals surface area (Å²) in [6, 6.07) is 3.70. The van der Waals surface area contributed by atoms with Gasteiger partial charge in [-0.3, -0.25) is 4.79 Å². The van der Waals surface area contributed by atoms with Gasteiger partial charge in [0.1, 0.15) is 0 Å². The number of benzene rings is 1. The monoisotopic (exact) mass is 376 g/mol. The summed E-state index contributed by atoms with van der Waals surface area (Å²) >= 11 is 0. The molecule has 0 radical (unpaired) electrons. The number of hydrogen-bond donors (Lipinski definition) is 2. The third-order valence-electron chi connectivity index (χ3n) is 3.49. The first-order valence-corrected chi connectivity index (χ1v) is 9.27. The first-order valence-electron chi connectivity index (χ1n) is 7.38. The van der Waals surface area contributed by atoms with Crippen molar-refractivity contribution < 1.29 is 22.7 Å². The Labute approximate surface area is 147 Å². The lowest BCUT2D eigenvalue weighted by molar-refractivity contribution is -0.117. The maximum absolute atomic E-state index is 12.1. The van der Waals surface area contributed by atoms with Crippen molar-refractivity contribution in [2.75, 3.05) is 24.7 Å². The SMILES string of the molecule is CCOC(=O)c1cc(NC(=O)C2CCCN2)cc(S(C)(=O)=O)c1.Cl. The molecule has 0 aromatic heterocycles. The third kappa shape index (κ3) is 5.19. The van der Waals surface area contributed by atoms with Gasteiger partial charge in [0, 0.05) is 11.9 Å². The van der Waals surface area contributed by atoms with Gasteiger partial charge in [-0.1, -0.05) is 0 Å². The molecule has 1 saturated heterocycles. The van der Waals surface area contributed by atoms with Gasteiger partial charge < -0.3 is 15.4 Å². The van der Waals surface area contributed by atoms with E-state index in [1.807, 2.05) is 0 Å². The Morgan fingerprint density at radius 3 is 2.58 bits per heavy atom. The number of carbonyl (C=O) groups is 2. The van der Waals surface area contributed by atoms with E-state index in [2.05, 4.69) is 10.6 Å². The molecule has 1 unspecified atom stereocenters. The second-order valence-electron chi connectivity index (χ2n) is 5.38. The molecule has 1 aliphatic heterocycles. The van der Waals surface area contributed by atoms with Crippen LogP contribution in [0.5, 0.6) is 0 Å². The summed E-state index contributed by atoms with van der Waals surface area (Å²) in [5.74, 6) is -0.879. The van der Waals surface area contributed by atoms with Gasteiger partial charge in [0.05, 0.1) is 23.1 Å². The molecular formula is C15H21ClN2O5S. The second kappa shape index (κ2) is 8.46. The molecule has 1 atom stereocenters. The van der Waals surface area contributed by atoms with Crippen LogP contribution in [0.15, 0.2) is 23.1 Å². The average Bonchev–Trinajstić information content (AvgIpc) is 3.00. The summed E-state index contributed by atoms with van der Waals surface area (Å²) < 4.78 is 28.5. The van der Waals surface area contributed by atoms with Crippen LogP contribution in [0, 0.1) is 0 Å². The summed E-state index contributed by atoms with van der Waals surface area (Å²) in [4.78, 5) is 24.0. The maximum atomic E-state index is 12.1. The van der Waals surface area contributed by atoms with Crippen LogP contribution in [0.2, 0.25) is 0 Å². The topological polar surface area (TPSA) is 102 Å². The average molecular weight is 377 g/mol. The lowest BCUT2D eigenvalue weighted by Crippen LogP contribution is -2.35. The number of anilines is 1. The highest BCUT2D eigenvalue weighted by Crippen LogP contribution is 2.21. The molecule has 1 aromatic carbocycles. The van der Waals surface area contributed by atoms with Crippen molar-refractivity contribution >= 4 is 39.8 Å². The standard InChI is InChI=1S/C15H20N2O5S.ClH/c1-3-22-15(19)10-7-11(9-12(8-10)23(2,20)21)17-14(18)13-5-4-6-16-13;/h7-9,13,16H,3-6H2,1-2H3,(H,17,18);1H. The predicted molar refractivity (Wildman–Crippen MR) is 92.4 cm³/mol. The van der Waals surface area contributed by atoms with Gasteiger partial charge in [-0.15, -0.1) is 12.4 Å². The fraction of sp³-hybridized carbons (Fsp3) is 0.467. The molecule has 0 aliphatic carbocycles. The van der Waals surface area contributed by atoms with Crippen LogP contribution >= 0.6 is 12.4 Å². The van der Waals surface area contributed by atoms with E-state index in [0.717, 1.165) is 25.6 Å². The Morgan fingerprint density at radius 2 is 2.04 bits per heavy atom. The van der Waals surface area contributed by atoms with E-state index in [1.54, 1.807) is 6.92 Å². The van der Waals surface area contributed by atoms with Crippen LogP contribution in [0.3, 0.4) is 0 Å². The predicted octanol–water partition coefficient (Wildman–Crippen LogP) is 1.38. The second-order valence-corrected chi connectivity index (χ2v) is 7.39. The molecule has 24 heavy (non-hydrogen) atoms. The van der Waals surface area contributed by atoms with Gasteiger partial charge in [-0.2, -0.15) is 0 Å². The van der Waals surface area contributed by atoms with Crippen molar-refractivity contribution in [2.24, 2.45) is 0 Å². The maximum Gasteiger partial charge on any atom is 0.338 e. The molecule has 7 nitrogen and oxygen atoms in total. The summed E-state index contributed by atoms with van der Waals surface area (Å²) in [5.41, 5.74) is 0.346. The number of halogens is 1. The van der Waals surface area contributed by atoms with Crippen LogP contribution in [0.25, 0.3) is 0 Å². The van der Waals surface area contributed by atoms with Crippen LogP contribution < -0.4 is 10.6 Å². The molecule has 1 aliphatic rings. The Kier molecular flexibility index (Phi) is 7.19. The fourth-order valence-corrected chi connectivity index (χ4v) is 3.04. The molecule has 1 heterocycles. The van der Waals surface area contributed by atoms with Crippen molar-refractivity contribution in [3.8, 4) is 0 Å². The number of nitrogens with one attached hydrogen (secondary N) is 2. The number of rotatable bonds is 5. The van der Waals surface area contributed by atoms with E-state index >= 15 is 0 Å². The fourth-order valence-electron chi connectivity index (χ4n) is 2.36. The van der Waals surface area contributed by atoms with Crippen LogP contribution in [-0.2, 0) is 19.4 Å². The molecule has 9 heteroatoms. The summed E-state index contributed by atoms with van der Waals surface area (Å²) in [6.45, 7) is 2.61. The highest BCUT2D eigenvalue weighted by atomic mass is 35.5. The van der Waals surface area contributed by atoms with Crippen LogP contribution in [-0.4, -0.2) is 45.7 Å². The Bertz CT molecular complexity index is 715. The smallest absolute Gasteiger partial charge is 0.338 e. The van der Waals surface area contributed by atoms with Gasteiger partial charge in [0.25, 0.3) is 0 Å². The molecule has 1 aromatic rings. The zero-order chi connectivity index (χ0) is 17.0. The number of hydrogen-bond acceptors (Lipinski definition) is 6. The van der Waals surface area contributed by atoms with E-state index < -0.39 is 15.8 Å². The molecule has 2 N–H and O–H groups in total. The van der Waals surface area contributed by atoms with Gasteiger partial charge in [0.2, 0.25) is 5.91 Å². The van der Waals surface area contributed by atoms with E-state index in [-0.39, 0.29) is 47.1 Å². The van der Waals surface area contributed by atoms with Gasteiger partial charge in [-0.25, -0.2) is 13.2 Å². The van der Waals surface area contributed by atoms with Crippen molar-refractivity contribution in [3.63, 3.8) is 0 Å². The van der Waals surface area contributed by atoms with Crippen molar-refractivity contribution in [3.05, 3.63) is 23.8 Å². The Balaban J connectivity index is 0.00000288. The number of carbonyl (C=O) groups excluding carboxylic acids is 2. The summed E-state index contributed by atoms with van der Waals surface area (Å²) in [5, 5.41) is 5.72. The number of amides is 1. The lowest BCUT2D eigenvalue weighted by atomic mass is 10.1. The summed E-state index contributed by atoms with van der Waals surface area (Å²) in [7, 11) is -3.53. The van der Waals surface area contributed by atoms with Crippen LogP contribution in [0.4, 0.5) is 5.69 Å². The van der Waals surface area contributed by atoms with Gasteiger partial charge in [0.15, 0.2) is 9.84 Å². The zero-order valence-corrected chi connectivity index (χ0v) is 15.1. The molecular weight excluding hydrogens is 356 g/mol. The number of ether oxygens (including phenoxy) is 1. The zero-order valence-electron chi connectivity index (χ0n) is 13.5. The van der Waals surface area contributed by atoms with Crippen molar-refractivity contribution in [1.82, 2.24) is 5.32 Å². The molecule has 134 valence electrons. The largest absolute Gasteiger partial charge is 0.462 e. The number of esters is 1. The van der Waals surface area contributed by atoms with Crippen LogP contribution in [0.1, 0.15) is 30.1 Å². The molecule has 1 amide bonds. The minimum absolute atomic E-state index is 0. The molecule has 0 saturated carbocycles. The first kappa shape index (κ1) is 20.4. The number of sulfone groups is 1. The summed E-state index contributed by atoms with van der Waals surface area (Å²) in [6.07, 6.45) is 2.68. The molecule has 0 spiro atoms. The minimum Gasteiger partial charge on any atom is -0.462 e. The van der Waals surface area contributed by atoms with Crippen molar-refractivity contribution in [1.29, 1.82) is 0 Å². The Morgan fingerprint density at radius 1 is 1.33 bits per heavy atom. The Hall–Kier alpha value is -1.64. The normalized spacial score (nSPS) is 17.0. The molecule has 2 rings (SSSR count). The highest BCUT2D eigenvalue weighted by molar-refractivity contribution is 7.90. The van der Waals surface area contributed by atoms with E-state index in [1.165, 1.54) is 18.2 Å². The van der Waals surface area contributed by atoms with E-state index in [9.17, 15) is 18.0 Å². The van der Waals surface area contributed by atoms with Gasteiger partial charge in [-0.05, 0) is 44.5 Å². The molecule has 1 fully saturated rings. The van der Waals surface area contributed by atoms with Gasteiger partial charge >= 0.3 is 5.97 Å². The quantitative estimate of drug-likeness (QED) is 0.753. The van der Waals surface area contributed by atoms with E-state index in [4.69, 9.17) is 4.74 Å². The van der Waals surface area contributed by atoms with E-state index in [0.29, 0.717) is 0 Å². The molecule has 0 bridgehead atoms.